The molecule has 1 aliphatic rings. The highest BCUT2D eigenvalue weighted by atomic mass is 79.9. The van der Waals surface area contributed by atoms with Crippen LogP contribution in [0.1, 0.15) is 19.3 Å². The number of hydrogen-bond donors (Lipinski definition) is 1. The van der Waals surface area contributed by atoms with Crippen molar-refractivity contribution in [2.45, 2.75) is 19.3 Å². The van der Waals surface area contributed by atoms with Crippen LogP contribution in [-0.2, 0) is 9.53 Å². The van der Waals surface area contributed by atoms with Gasteiger partial charge in [-0.15, -0.1) is 17.0 Å². The summed E-state index contributed by atoms with van der Waals surface area (Å²) < 4.78 is 4.64. The van der Waals surface area contributed by atoms with Gasteiger partial charge in [-0.3, -0.25) is 4.79 Å². The van der Waals surface area contributed by atoms with Crippen molar-refractivity contribution in [2.24, 2.45) is 5.92 Å². The molecule has 4 nitrogen and oxygen atoms in total. The van der Waals surface area contributed by atoms with Crippen molar-refractivity contribution in [2.75, 3.05) is 19.7 Å². The summed E-state index contributed by atoms with van der Waals surface area (Å²) in [7, 11) is 0. The topological polar surface area (TPSA) is 69.8 Å². The van der Waals surface area contributed by atoms with Crippen molar-refractivity contribution < 1.29 is 15.0 Å². The van der Waals surface area contributed by atoms with Crippen molar-refractivity contribution in [3.63, 3.8) is 0 Å². The number of carbonyl (C=O) groups excluding carboxylic acids is 1. The Morgan fingerprint density at radius 3 is 2.54 bits per heavy atom. The van der Waals surface area contributed by atoms with E-state index in [1.807, 2.05) is 0 Å². The van der Waals surface area contributed by atoms with Gasteiger partial charge in [0, 0.05) is 0 Å². The Morgan fingerprint density at radius 1 is 1.38 bits per heavy atom. The Balaban J connectivity index is 0. The maximum Gasteiger partial charge on any atom is 0.293 e. The minimum absolute atomic E-state index is 0. The summed E-state index contributed by atoms with van der Waals surface area (Å²) in [6, 6.07) is 0. The summed E-state index contributed by atoms with van der Waals surface area (Å²) in [4.78, 5) is 9.81. The van der Waals surface area contributed by atoms with Gasteiger partial charge >= 0.3 is 0 Å². The molecule has 0 amide bonds. The van der Waals surface area contributed by atoms with Crippen molar-refractivity contribution in [1.29, 1.82) is 0 Å². The van der Waals surface area contributed by atoms with Gasteiger partial charge in [-0.05, 0) is 38.3 Å². The van der Waals surface area contributed by atoms with Crippen LogP contribution < -0.4 is 5.32 Å². The van der Waals surface area contributed by atoms with Crippen LogP contribution in [-0.4, -0.2) is 31.6 Å². The molecule has 3 N–H and O–H groups in total. The van der Waals surface area contributed by atoms with Crippen LogP contribution in [0.25, 0.3) is 0 Å². The van der Waals surface area contributed by atoms with Crippen molar-refractivity contribution >= 4 is 23.5 Å². The maximum absolute atomic E-state index is 9.81. The lowest BCUT2D eigenvalue weighted by Gasteiger charge is -2.21. The highest BCUT2D eigenvalue weighted by Crippen LogP contribution is 2.15. The van der Waals surface area contributed by atoms with Gasteiger partial charge in [-0.1, -0.05) is 0 Å². The summed E-state index contributed by atoms with van der Waals surface area (Å²) in [5.41, 5.74) is 0. The minimum atomic E-state index is 0. The number of halogens is 1. The highest BCUT2D eigenvalue weighted by Gasteiger charge is 2.11. The molecule has 0 atom stereocenters. The zero-order valence-electron chi connectivity index (χ0n) is 7.62. The second-order valence-corrected chi connectivity index (χ2v) is 2.95. The summed E-state index contributed by atoms with van der Waals surface area (Å²) in [5, 5.41) is 3.29. The summed E-state index contributed by atoms with van der Waals surface area (Å²) in [5.74, 6) is 0.760. The van der Waals surface area contributed by atoms with Crippen LogP contribution >= 0.6 is 17.0 Å². The Bertz CT molecular complexity index is 118. The van der Waals surface area contributed by atoms with Crippen molar-refractivity contribution in [1.82, 2.24) is 5.32 Å². The van der Waals surface area contributed by atoms with E-state index in [1.165, 1.54) is 12.8 Å². The molecule has 0 saturated carbocycles. The largest absolute Gasteiger partial charge is 0.468 e. The molecule has 1 heterocycles. The molecular formula is C8H18BrNO3. The van der Waals surface area contributed by atoms with Crippen LogP contribution in [0.4, 0.5) is 0 Å². The molecule has 80 valence electrons. The number of piperidine rings is 1. The summed E-state index contributed by atoms with van der Waals surface area (Å²) in [6.07, 6.45) is 3.48. The Hall–Kier alpha value is -0.130. The van der Waals surface area contributed by atoms with Gasteiger partial charge in [0.05, 0.1) is 6.61 Å². The highest BCUT2D eigenvalue weighted by molar-refractivity contribution is 8.93. The molecule has 0 bridgehead atoms. The van der Waals surface area contributed by atoms with Crippen molar-refractivity contribution in [3.05, 3.63) is 0 Å². The first-order valence-corrected chi connectivity index (χ1v) is 4.19. The van der Waals surface area contributed by atoms with Gasteiger partial charge < -0.3 is 15.5 Å². The van der Waals surface area contributed by atoms with Crippen LogP contribution in [0.5, 0.6) is 0 Å². The van der Waals surface area contributed by atoms with Gasteiger partial charge in [-0.25, -0.2) is 0 Å². The average molecular weight is 256 g/mol. The Morgan fingerprint density at radius 2 is 2.00 bits per heavy atom. The molecule has 0 aromatic heterocycles. The third-order valence-electron chi connectivity index (χ3n) is 2.17. The first-order chi connectivity index (χ1) is 5.43. The van der Waals surface area contributed by atoms with E-state index in [0.29, 0.717) is 13.1 Å². The first kappa shape index (κ1) is 15.3. The predicted octanol–water partition coefficient (Wildman–Crippen LogP) is 0.302. The SMILES string of the molecule is Br.O.O=COCCC1CCNCC1. The maximum atomic E-state index is 9.81. The normalized spacial score (nSPS) is 16.6. The molecular weight excluding hydrogens is 238 g/mol. The van der Waals surface area contributed by atoms with E-state index in [4.69, 9.17) is 0 Å². The molecule has 1 rings (SSSR count). The molecule has 13 heavy (non-hydrogen) atoms. The fourth-order valence-corrected chi connectivity index (χ4v) is 1.45. The number of ether oxygens (including phenoxy) is 1. The molecule has 5 heteroatoms. The first-order valence-electron chi connectivity index (χ1n) is 4.19. The quantitative estimate of drug-likeness (QED) is 0.581. The fourth-order valence-electron chi connectivity index (χ4n) is 1.45. The third kappa shape index (κ3) is 6.98. The second kappa shape index (κ2) is 9.95. The van der Waals surface area contributed by atoms with E-state index in [0.717, 1.165) is 25.4 Å². The molecule has 0 aromatic carbocycles. The molecule has 0 spiro atoms. The predicted molar refractivity (Wildman–Crippen MR) is 56.2 cm³/mol. The van der Waals surface area contributed by atoms with Gasteiger partial charge in [0.25, 0.3) is 6.47 Å². The molecule has 0 radical (unpaired) electrons. The molecule has 1 fully saturated rings. The lowest BCUT2D eigenvalue weighted by Crippen LogP contribution is -2.28. The smallest absolute Gasteiger partial charge is 0.293 e. The van der Waals surface area contributed by atoms with Crippen LogP contribution in [0, 0.1) is 5.92 Å². The zero-order valence-corrected chi connectivity index (χ0v) is 9.34. The second-order valence-electron chi connectivity index (χ2n) is 2.95. The molecule has 1 aliphatic heterocycles. The summed E-state index contributed by atoms with van der Waals surface area (Å²) >= 11 is 0. The monoisotopic (exact) mass is 255 g/mol. The van der Waals surface area contributed by atoms with Crippen LogP contribution in [0.2, 0.25) is 0 Å². The molecule has 0 aromatic rings. The third-order valence-corrected chi connectivity index (χ3v) is 2.17. The van der Waals surface area contributed by atoms with Crippen LogP contribution in [0.15, 0.2) is 0 Å². The standard InChI is InChI=1S/C8H15NO2.BrH.H2O/c10-7-11-6-3-8-1-4-9-5-2-8;;/h7-9H,1-6H2;1H;1H2. The van der Waals surface area contributed by atoms with Gasteiger partial charge in [0.15, 0.2) is 0 Å². The zero-order chi connectivity index (χ0) is 7.94. The number of hydrogen-bond acceptors (Lipinski definition) is 3. The molecule has 0 aliphatic carbocycles. The van der Waals surface area contributed by atoms with Crippen LogP contribution in [0.3, 0.4) is 0 Å². The average Bonchev–Trinajstić information content (AvgIpc) is 2.07. The van der Waals surface area contributed by atoms with E-state index in [2.05, 4.69) is 10.1 Å². The van der Waals surface area contributed by atoms with E-state index < -0.39 is 0 Å². The van der Waals surface area contributed by atoms with Gasteiger partial charge in [-0.2, -0.15) is 0 Å². The number of carbonyl (C=O) groups is 1. The Labute approximate surface area is 89.1 Å². The number of rotatable bonds is 4. The molecule has 0 unspecified atom stereocenters. The lowest BCUT2D eigenvalue weighted by molar-refractivity contribution is -0.129. The van der Waals surface area contributed by atoms with Crippen molar-refractivity contribution in [3.8, 4) is 0 Å². The van der Waals surface area contributed by atoms with E-state index >= 15 is 0 Å². The number of nitrogens with one attached hydrogen (secondary N) is 1. The Kier molecular flexibility index (Phi) is 11.8. The minimum Gasteiger partial charge on any atom is -0.468 e. The summed E-state index contributed by atoms with van der Waals surface area (Å²) in [6.45, 7) is 3.35. The van der Waals surface area contributed by atoms with Gasteiger partial charge in [0.2, 0.25) is 0 Å². The fraction of sp³-hybridized carbons (Fsp3) is 0.875. The van der Waals surface area contributed by atoms with E-state index in [9.17, 15) is 4.79 Å². The van der Waals surface area contributed by atoms with E-state index in [1.54, 1.807) is 0 Å². The molecule has 1 saturated heterocycles. The van der Waals surface area contributed by atoms with E-state index in [-0.39, 0.29) is 22.5 Å². The lowest BCUT2D eigenvalue weighted by atomic mass is 9.95. The van der Waals surface area contributed by atoms with Gasteiger partial charge in [0.1, 0.15) is 0 Å².